The molecule has 2 unspecified atom stereocenters. The Hall–Kier alpha value is -0.340. The van der Waals surface area contributed by atoms with E-state index in [4.69, 9.17) is 10.5 Å². The smallest absolute Gasteiger partial charge is 0.0499 e. The summed E-state index contributed by atoms with van der Waals surface area (Å²) >= 11 is 0. The zero-order chi connectivity index (χ0) is 10.2. The molecule has 14 heavy (non-hydrogen) atoms. The third kappa shape index (κ3) is 4.25. The van der Waals surface area contributed by atoms with E-state index >= 15 is 0 Å². The van der Waals surface area contributed by atoms with Crippen LogP contribution in [-0.2, 0) is 4.74 Å². The second-order valence-electron chi connectivity index (χ2n) is 4.25. The minimum Gasteiger partial charge on any atom is -0.381 e. The van der Waals surface area contributed by atoms with Crippen LogP contribution < -0.4 is 5.73 Å². The lowest BCUT2D eigenvalue weighted by atomic mass is 9.85. The van der Waals surface area contributed by atoms with Gasteiger partial charge in [-0.25, -0.2) is 0 Å². The van der Waals surface area contributed by atoms with Crippen molar-refractivity contribution < 1.29 is 4.74 Å². The highest BCUT2D eigenvalue weighted by Gasteiger charge is 2.17. The molecular weight excluding hydrogens is 174 g/mol. The van der Waals surface area contributed by atoms with Gasteiger partial charge in [0.2, 0.25) is 0 Å². The molecule has 0 aliphatic heterocycles. The van der Waals surface area contributed by atoms with E-state index in [9.17, 15) is 0 Å². The largest absolute Gasteiger partial charge is 0.381 e. The van der Waals surface area contributed by atoms with Crippen molar-refractivity contribution in [3.8, 4) is 0 Å². The lowest BCUT2D eigenvalue weighted by Crippen LogP contribution is -2.19. The van der Waals surface area contributed by atoms with Crippen LogP contribution in [-0.4, -0.2) is 19.8 Å². The third-order valence-electron chi connectivity index (χ3n) is 2.99. The van der Waals surface area contributed by atoms with Gasteiger partial charge in [-0.05, 0) is 44.1 Å². The minimum absolute atomic E-state index is 0.734. The first-order valence-electron chi connectivity index (χ1n) is 5.77. The van der Waals surface area contributed by atoms with Crippen LogP contribution in [0.15, 0.2) is 12.2 Å². The fourth-order valence-corrected chi connectivity index (χ4v) is 1.82. The normalized spacial score (nSPS) is 26.7. The van der Waals surface area contributed by atoms with E-state index in [1.54, 1.807) is 0 Å². The summed E-state index contributed by atoms with van der Waals surface area (Å²) in [7, 11) is 0. The molecule has 0 amide bonds. The highest BCUT2D eigenvalue weighted by atomic mass is 16.5. The van der Waals surface area contributed by atoms with E-state index < -0.39 is 0 Å². The van der Waals surface area contributed by atoms with Gasteiger partial charge in [0.15, 0.2) is 0 Å². The summed E-state index contributed by atoms with van der Waals surface area (Å²) in [4.78, 5) is 0. The van der Waals surface area contributed by atoms with Crippen molar-refractivity contribution in [1.29, 1.82) is 0 Å². The molecule has 0 radical (unpaired) electrons. The summed E-state index contributed by atoms with van der Waals surface area (Å²) in [6, 6.07) is 0. The summed E-state index contributed by atoms with van der Waals surface area (Å²) in [6.45, 7) is 4.91. The number of nitrogens with two attached hydrogens (primary N) is 1. The van der Waals surface area contributed by atoms with Crippen molar-refractivity contribution in [1.82, 2.24) is 0 Å². The molecule has 2 nitrogen and oxygen atoms in total. The fraction of sp³-hybridized carbons (Fsp3) is 0.833. The Bertz CT molecular complexity index is 168. The van der Waals surface area contributed by atoms with Crippen molar-refractivity contribution in [2.24, 2.45) is 17.6 Å². The number of ether oxygens (including phenoxy) is 1. The monoisotopic (exact) mass is 197 g/mol. The lowest BCUT2D eigenvalue weighted by molar-refractivity contribution is 0.0770. The van der Waals surface area contributed by atoms with Gasteiger partial charge < -0.3 is 10.5 Å². The van der Waals surface area contributed by atoms with Crippen LogP contribution in [0.5, 0.6) is 0 Å². The molecule has 0 bridgehead atoms. The maximum absolute atomic E-state index is 5.66. The Balaban J connectivity index is 2.03. The maximum Gasteiger partial charge on any atom is 0.0499 e. The molecule has 0 aromatic rings. The number of rotatable bonds is 6. The Morgan fingerprint density at radius 1 is 1.29 bits per heavy atom. The molecule has 2 N–H and O–H groups in total. The summed E-state index contributed by atoms with van der Waals surface area (Å²) in [6.07, 6.45) is 9.17. The van der Waals surface area contributed by atoms with E-state index in [0.717, 1.165) is 44.4 Å². The summed E-state index contributed by atoms with van der Waals surface area (Å²) in [5.74, 6) is 1.52. The standard InChI is InChI=1S/C12H23NO/c1-11-6-2-3-7-12(11)10-14-9-5-4-8-13/h2-3,11-12H,4-10,13H2,1H3. The van der Waals surface area contributed by atoms with Crippen LogP contribution >= 0.6 is 0 Å². The van der Waals surface area contributed by atoms with Gasteiger partial charge in [0.05, 0.1) is 0 Å². The first-order valence-corrected chi connectivity index (χ1v) is 5.77. The fourth-order valence-electron chi connectivity index (χ4n) is 1.82. The molecule has 0 heterocycles. The number of unbranched alkanes of at least 4 members (excludes halogenated alkanes) is 1. The minimum atomic E-state index is 0.734. The Kier molecular flexibility index (Phi) is 5.88. The molecule has 0 saturated carbocycles. The topological polar surface area (TPSA) is 35.2 Å². The molecule has 0 fully saturated rings. The highest BCUT2D eigenvalue weighted by Crippen LogP contribution is 2.24. The van der Waals surface area contributed by atoms with Crippen molar-refractivity contribution in [2.75, 3.05) is 19.8 Å². The van der Waals surface area contributed by atoms with E-state index in [2.05, 4.69) is 19.1 Å². The summed E-state index contributed by atoms with van der Waals surface area (Å²) in [5.41, 5.74) is 5.41. The number of hydrogen-bond acceptors (Lipinski definition) is 2. The Morgan fingerprint density at radius 3 is 2.79 bits per heavy atom. The zero-order valence-corrected chi connectivity index (χ0v) is 9.24. The average Bonchev–Trinajstić information content (AvgIpc) is 2.20. The third-order valence-corrected chi connectivity index (χ3v) is 2.99. The summed E-state index contributed by atoms with van der Waals surface area (Å²) < 4.78 is 5.66. The van der Waals surface area contributed by atoms with Gasteiger partial charge in [0, 0.05) is 13.2 Å². The van der Waals surface area contributed by atoms with Crippen molar-refractivity contribution in [2.45, 2.75) is 32.6 Å². The van der Waals surface area contributed by atoms with E-state index in [0.29, 0.717) is 0 Å². The van der Waals surface area contributed by atoms with Gasteiger partial charge in [0.25, 0.3) is 0 Å². The van der Waals surface area contributed by atoms with E-state index in [1.807, 2.05) is 0 Å². The first kappa shape index (κ1) is 11.7. The highest BCUT2D eigenvalue weighted by molar-refractivity contribution is 4.93. The van der Waals surface area contributed by atoms with Gasteiger partial charge in [-0.2, -0.15) is 0 Å². The van der Waals surface area contributed by atoms with Gasteiger partial charge in [-0.15, -0.1) is 0 Å². The lowest BCUT2D eigenvalue weighted by Gasteiger charge is -2.24. The molecule has 2 atom stereocenters. The molecular formula is C12H23NO. The molecule has 82 valence electrons. The molecule has 0 aromatic carbocycles. The van der Waals surface area contributed by atoms with Gasteiger partial charge in [-0.1, -0.05) is 19.1 Å². The van der Waals surface area contributed by atoms with Gasteiger partial charge in [-0.3, -0.25) is 0 Å². The van der Waals surface area contributed by atoms with Crippen LogP contribution in [0.25, 0.3) is 0 Å². The van der Waals surface area contributed by atoms with Crippen LogP contribution in [0.1, 0.15) is 32.6 Å². The number of allylic oxidation sites excluding steroid dienone is 2. The van der Waals surface area contributed by atoms with Crippen LogP contribution in [0, 0.1) is 11.8 Å². The SMILES string of the molecule is CC1CC=CCC1COCCCCN. The molecule has 0 saturated heterocycles. The Labute approximate surface area is 87.5 Å². The molecule has 0 spiro atoms. The van der Waals surface area contributed by atoms with Crippen molar-refractivity contribution >= 4 is 0 Å². The van der Waals surface area contributed by atoms with Crippen LogP contribution in [0.4, 0.5) is 0 Å². The predicted molar refractivity (Wildman–Crippen MR) is 60.1 cm³/mol. The second-order valence-corrected chi connectivity index (χ2v) is 4.25. The molecule has 1 aliphatic carbocycles. The predicted octanol–water partition coefficient (Wildman–Crippen LogP) is 2.34. The zero-order valence-electron chi connectivity index (χ0n) is 9.24. The average molecular weight is 197 g/mol. The van der Waals surface area contributed by atoms with Gasteiger partial charge >= 0.3 is 0 Å². The van der Waals surface area contributed by atoms with Crippen LogP contribution in [0.3, 0.4) is 0 Å². The quantitative estimate of drug-likeness (QED) is 0.524. The van der Waals surface area contributed by atoms with E-state index in [-0.39, 0.29) is 0 Å². The maximum atomic E-state index is 5.66. The first-order chi connectivity index (χ1) is 6.84. The molecule has 2 heteroatoms. The molecule has 0 aromatic heterocycles. The molecule has 1 rings (SSSR count). The second kappa shape index (κ2) is 7.02. The van der Waals surface area contributed by atoms with Crippen molar-refractivity contribution in [3.63, 3.8) is 0 Å². The van der Waals surface area contributed by atoms with Crippen LogP contribution in [0.2, 0.25) is 0 Å². The summed E-state index contributed by atoms with van der Waals surface area (Å²) in [5, 5.41) is 0. The number of hydrogen-bond donors (Lipinski definition) is 1. The van der Waals surface area contributed by atoms with Crippen molar-refractivity contribution in [3.05, 3.63) is 12.2 Å². The van der Waals surface area contributed by atoms with Gasteiger partial charge in [0.1, 0.15) is 0 Å². The Morgan fingerprint density at radius 2 is 2.07 bits per heavy atom. The van der Waals surface area contributed by atoms with E-state index in [1.165, 1.54) is 12.8 Å². The molecule has 1 aliphatic rings.